The molecule has 0 saturated heterocycles. The number of nitrogens with one attached hydrogen (secondary N) is 1. The summed E-state index contributed by atoms with van der Waals surface area (Å²) in [5, 5.41) is 0.820. The minimum absolute atomic E-state index is 0.111. The number of ether oxygens (including phenoxy) is 3. The number of benzene rings is 2. The first-order chi connectivity index (χ1) is 14.9. The molecule has 1 atom stereocenters. The van der Waals surface area contributed by atoms with Gasteiger partial charge in [0, 0.05) is 22.1 Å². The molecule has 0 aliphatic carbocycles. The summed E-state index contributed by atoms with van der Waals surface area (Å²) in [6.07, 6.45) is -0.111. The van der Waals surface area contributed by atoms with Crippen molar-refractivity contribution in [2.45, 2.75) is 33.4 Å². The highest BCUT2D eigenvalue weighted by Crippen LogP contribution is 2.34. The molecule has 0 spiro atoms. The fraction of sp³-hybridized carbons (Fsp3) is 0.333. The van der Waals surface area contributed by atoms with Crippen LogP contribution in [-0.2, 0) is 29.0 Å². The van der Waals surface area contributed by atoms with Crippen LogP contribution in [0.2, 0.25) is 0 Å². The van der Waals surface area contributed by atoms with Gasteiger partial charge in [-0.2, -0.15) is 0 Å². The van der Waals surface area contributed by atoms with Crippen molar-refractivity contribution in [2.24, 2.45) is 0 Å². The van der Waals surface area contributed by atoms with Gasteiger partial charge in [0.1, 0.15) is 30.2 Å². The Morgan fingerprint density at radius 2 is 1.97 bits per heavy atom. The summed E-state index contributed by atoms with van der Waals surface area (Å²) < 4.78 is 21.7. The zero-order chi connectivity index (χ0) is 22.1. The van der Waals surface area contributed by atoms with Crippen molar-refractivity contribution in [3.8, 4) is 11.5 Å². The fourth-order valence-corrected chi connectivity index (χ4v) is 4.16. The lowest BCUT2D eigenvalue weighted by Crippen LogP contribution is -3.10. The summed E-state index contributed by atoms with van der Waals surface area (Å²) in [7, 11) is 2.97. The van der Waals surface area contributed by atoms with Crippen LogP contribution >= 0.6 is 0 Å². The number of hydrogen-bond donors (Lipinski definition) is 1. The molecule has 1 aromatic heterocycles. The molecular formula is C24H26NO6+. The van der Waals surface area contributed by atoms with Gasteiger partial charge in [-0.1, -0.05) is 12.1 Å². The Morgan fingerprint density at radius 3 is 2.71 bits per heavy atom. The van der Waals surface area contributed by atoms with Crippen LogP contribution in [0, 0.1) is 13.8 Å². The topological polar surface area (TPSA) is 79.4 Å². The first-order valence-corrected chi connectivity index (χ1v) is 10.2. The summed E-state index contributed by atoms with van der Waals surface area (Å²) in [4.78, 5) is 25.5. The van der Waals surface area contributed by atoms with E-state index in [1.54, 1.807) is 7.11 Å². The molecule has 0 bridgehead atoms. The second-order valence-electron chi connectivity index (χ2n) is 7.86. The Balaban J connectivity index is 1.70. The summed E-state index contributed by atoms with van der Waals surface area (Å²) >= 11 is 0. The van der Waals surface area contributed by atoms with E-state index >= 15 is 0 Å². The van der Waals surface area contributed by atoms with E-state index in [1.807, 2.05) is 38.1 Å². The summed E-state index contributed by atoms with van der Waals surface area (Å²) in [6, 6.07) is 10.0. The summed E-state index contributed by atoms with van der Waals surface area (Å²) in [5.41, 5.74) is 4.08. The van der Waals surface area contributed by atoms with Gasteiger partial charge in [0.25, 0.3) is 0 Å². The van der Waals surface area contributed by atoms with E-state index in [2.05, 4.69) is 6.07 Å². The number of carbonyl (C=O) groups is 1. The van der Waals surface area contributed by atoms with E-state index in [-0.39, 0.29) is 6.42 Å². The molecule has 7 heteroatoms. The Kier molecular flexibility index (Phi) is 5.69. The maximum Gasteiger partial charge on any atom is 0.340 e. The number of hydrogen-bond acceptors (Lipinski definition) is 6. The van der Waals surface area contributed by atoms with E-state index in [0.29, 0.717) is 17.9 Å². The van der Waals surface area contributed by atoms with Crippen molar-refractivity contribution >= 4 is 16.9 Å². The van der Waals surface area contributed by atoms with E-state index in [9.17, 15) is 9.59 Å². The maximum absolute atomic E-state index is 12.5. The predicted molar refractivity (Wildman–Crippen MR) is 115 cm³/mol. The van der Waals surface area contributed by atoms with E-state index in [4.69, 9.17) is 18.6 Å². The number of rotatable bonds is 5. The van der Waals surface area contributed by atoms with Gasteiger partial charge < -0.3 is 18.6 Å². The average molecular weight is 424 g/mol. The number of esters is 1. The minimum Gasteiger partial charge on any atom is -0.497 e. The average Bonchev–Trinajstić information content (AvgIpc) is 2.77. The van der Waals surface area contributed by atoms with Crippen LogP contribution in [-0.4, -0.2) is 26.9 Å². The van der Waals surface area contributed by atoms with E-state index in [1.165, 1.54) is 17.6 Å². The SMILES string of the molecule is COC(=O)Cc1c(C)c2cc3c(c(C)c2oc1=O)OC[NH+](Cc1cccc(OC)c1)C3. The quantitative estimate of drug-likeness (QED) is 0.499. The number of methoxy groups -OCH3 is 2. The highest BCUT2D eigenvalue weighted by molar-refractivity contribution is 5.88. The van der Waals surface area contributed by atoms with E-state index < -0.39 is 11.6 Å². The van der Waals surface area contributed by atoms with Crippen molar-refractivity contribution in [1.29, 1.82) is 0 Å². The molecule has 7 nitrogen and oxygen atoms in total. The minimum atomic E-state index is -0.514. The molecule has 1 N–H and O–H groups in total. The number of quaternary nitrogens is 1. The van der Waals surface area contributed by atoms with Gasteiger partial charge in [-0.25, -0.2) is 4.79 Å². The molecule has 1 unspecified atom stereocenters. The Hall–Kier alpha value is -3.32. The standard InChI is InChI=1S/C24H25NO6/c1-14-19-9-17-12-25(11-16-6-5-7-18(8-16)28-3)13-30-22(17)15(2)23(19)31-24(27)20(14)10-21(26)29-4/h5-9H,10-13H2,1-4H3/p+1. The van der Waals surface area contributed by atoms with Crippen LogP contribution in [0.25, 0.3) is 11.0 Å². The highest BCUT2D eigenvalue weighted by Gasteiger charge is 2.26. The number of fused-ring (bicyclic) bond motifs is 2. The summed E-state index contributed by atoms with van der Waals surface area (Å²) in [5.74, 6) is 1.13. The molecule has 0 radical (unpaired) electrons. The van der Waals surface area contributed by atoms with Crippen LogP contribution in [0.5, 0.6) is 11.5 Å². The zero-order valence-corrected chi connectivity index (χ0v) is 18.2. The molecule has 162 valence electrons. The third kappa shape index (κ3) is 4.01. The van der Waals surface area contributed by atoms with Crippen LogP contribution in [0.15, 0.2) is 39.5 Å². The van der Waals surface area contributed by atoms with Gasteiger partial charge in [-0.05, 0) is 37.6 Å². The van der Waals surface area contributed by atoms with Crippen LogP contribution in [0.3, 0.4) is 0 Å². The van der Waals surface area contributed by atoms with Crippen molar-refractivity contribution < 1.29 is 28.3 Å². The van der Waals surface area contributed by atoms with Gasteiger partial charge in [-0.15, -0.1) is 0 Å². The van der Waals surface area contributed by atoms with Crippen LogP contribution < -0.4 is 20.0 Å². The molecule has 0 saturated carbocycles. The largest absolute Gasteiger partial charge is 0.497 e. The van der Waals surface area contributed by atoms with E-state index in [0.717, 1.165) is 46.7 Å². The lowest BCUT2D eigenvalue weighted by Gasteiger charge is -2.28. The predicted octanol–water partition coefficient (Wildman–Crippen LogP) is 2.07. The zero-order valence-electron chi connectivity index (χ0n) is 18.2. The number of carbonyl (C=O) groups excluding carboxylic acids is 1. The molecule has 2 heterocycles. The maximum atomic E-state index is 12.5. The number of aryl methyl sites for hydroxylation is 2. The highest BCUT2D eigenvalue weighted by atomic mass is 16.5. The first kappa shape index (κ1) is 20.9. The molecule has 1 aliphatic rings. The van der Waals surface area contributed by atoms with Gasteiger partial charge >= 0.3 is 11.6 Å². The van der Waals surface area contributed by atoms with Crippen LogP contribution in [0.1, 0.15) is 27.8 Å². The monoisotopic (exact) mass is 424 g/mol. The Bertz CT molecular complexity index is 1210. The molecular weight excluding hydrogens is 398 g/mol. The molecule has 4 rings (SSSR count). The second-order valence-corrected chi connectivity index (χ2v) is 7.86. The Morgan fingerprint density at radius 1 is 1.16 bits per heavy atom. The second kappa shape index (κ2) is 8.43. The molecule has 2 aromatic carbocycles. The first-order valence-electron chi connectivity index (χ1n) is 10.2. The van der Waals surface area contributed by atoms with Crippen molar-refractivity contribution in [3.63, 3.8) is 0 Å². The molecule has 0 amide bonds. The smallest absolute Gasteiger partial charge is 0.340 e. The van der Waals surface area contributed by atoms with Crippen molar-refractivity contribution in [1.82, 2.24) is 0 Å². The van der Waals surface area contributed by atoms with Gasteiger partial charge in [0.05, 0.1) is 26.2 Å². The Labute approximate surface area is 180 Å². The van der Waals surface area contributed by atoms with Crippen LogP contribution in [0.4, 0.5) is 0 Å². The lowest BCUT2D eigenvalue weighted by molar-refractivity contribution is -0.945. The summed E-state index contributed by atoms with van der Waals surface area (Å²) in [6.45, 7) is 5.82. The molecule has 31 heavy (non-hydrogen) atoms. The third-order valence-electron chi connectivity index (χ3n) is 5.83. The molecule has 3 aromatic rings. The van der Waals surface area contributed by atoms with Gasteiger partial charge in [0.15, 0.2) is 0 Å². The molecule has 1 aliphatic heterocycles. The van der Waals surface area contributed by atoms with Crippen molar-refractivity contribution in [2.75, 3.05) is 21.0 Å². The normalized spacial score (nSPS) is 15.3. The third-order valence-corrected chi connectivity index (χ3v) is 5.83. The lowest BCUT2D eigenvalue weighted by atomic mass is 9.97. The fourth-order valence-electron chi connectivity index (χ4n) is 4.16. The molecule has 0 fully saturated rings. The van der Waals surface area contributed by atoms with Gasteiger partial charge in [-0.3, -0.25) is 9.69 Å². The van der Waals surface area contributed by atoms with Crippen molar-refractivity contribution in [3.05, 3.63) is 68.6 Å². The van der Waals surface area contributed by atoms with Gasteiger partial charge in [0.2, 0.25) is 6.73 Å².